The third-order valence-corrected chi connectivity index (χ3v) is 3.38. The van der Waals surface area contributed by atoms with E-state index >= 15 is 0 Å². The molecular formula is C10H14N2O3S. The van der Waals surface area contributed by atoms with Crippen LogP contribution in [0, 0.1) is 10.1 Å². The first-order chi connectivity index (χ1) is 7.30. The molecule has 1 aromatic rings. The van der Waals surface area contributed by atoms with Crippen molar-refractivity contribution in [3.63, 3.8) is 0 Å². The first-order valence-corrected chi connectivity index (χ1v) is 5.88. The van der Waals surface area contributed by atoms with Gasteiger partial charge in [-0.2, -0.15) is 0 Å². The Hall–Kier alpha value is -1.43. The molecule has 0 aliphatic heterocycles. The van der Waals surface area contributed by atoms with E-state index in [0.717, 1.165) is 0 Å². The van der Waals surface area contributed by atoms with Crippen molar-refractivity contribution < 1.29 is 9.13 Å². The fourth-order valence-corrected chi connectivity index (χ4v) is 1.57. The Morgan fingerprint density at radius 2 is 1.75 bits per heavy atom. The summed E-state index contributed by atoms with van der Waals surface area (Å²) in [6.45, 7) is 5.55. The smallest absolute Gasteiger partial charge is 0.269 e. The molecule has 0 aromatic heterocycles. The summed E-state index contributed by atoms with van der Waals surface area (Å²) in [6.07, 6.45) is 0. The van der Waals surface area contributed by atoms with Crippen LogP contribution < -0.4 is 4.72 Å². The number of non-ortho nitro benzene ring substituents is 1. The second-order valence-corrected chi connectivity index (χ2v) is 6.25. The Morgan fingerprint density at radius 3 is 2.12 bits per heavy atom. The SMILES string of the molecule is CC(C)(C)[S@@](=O)Nc1ccc([N+](=O)[O-])cc1. The average molecular weight is 242 g/mol. The highest BCUT2D eigenvalue weighted by atomic mass is 32.2. The van der Waals surface area contributed by atoms with E-state index in [0.29, 0.717) is 5.69 Å². The molecule has 0 amide bonds. The summed E-state index contributed by atoms with van der Waals surface area (Å²) in [5.74, 6) is 0. The van der Waals surface area contributed by atoms with E-state index in [9.17, 15) is 14.3 Å². The zero-order chi connectivity index (χ0) is 12.3. The van der Waals surface area contributed by atoms with Crippen LogP contribution >= 0.6 is 0 Å². The highest BCUT2D eigenvalue weighted by Crippen LogP contribution is 2.19. The van der Waals surface area contributed by atoms with Gasteiger partial charge in [-0.3, -0.25) is 10.1 Å². The quantitative estimate of drug-likeness (QED) is 0.653. The molecular weight excluding hydrogens is 228 g/mol. The minimum atomic E-state index is -1.23. The molecule has 1 atom stereocenters. The maximum atomic E-state index is 11.7. The highest BCUT2D eigenvalue weighted by molar-refractivity contribution is 7.87. The summed E-state index contributed by atoms with van der Waals surface area (Å²) in [6, 6.07) is 5.84. The lowest BCUT2D eigenvalue weighted by Crippen LogP contribution is -2.27. The highest BCUT2D eigenvalue weighted by Gasteiger charge is 2.19. The summed E-state index contributed by atoms with van der Waals surface area (Å²) in [5.41, 5.74) is 0.631. The van der Waals surface area contributed by atoms with E-state index in [4.69, 9.17) is 0 Å². The van der Waals surface area contributed by atoms with Crippen LogP contribution in [0.4, 0.5) is 11.4 Å². The third kappa shape index (κ3) is 3.30. The Bertz CT molecular complexity index is 409. The van der Waals surface area contributed by atoms with E-state index in [-0.39, 0.29) is 10.4 Å². The van der Waals surface area contributed by atoms with E-state index in [1.165, 1.54) is 12.1 Å². The number of nitro groups is 1. The molecule has 0 bridgehead atoms. The molecule has 0 radical (unpaired) electrons. The van der Waals surface area contributed by atoms with Crippen LogP contribution in [0.25, 0.3) is 0 Å². The topological polar surface area (TPSA) is 72.2 Å². The Kier molecular flexibility index (Phi) is 3.64. The molecule has 0 heterocycles. The summed E-state index contributed by atoms with van der Waals surface area (Å²) >= 11 is 0. The van der Waals surface area contributed by atoms with Crippen LogP contribution in [0.1, 0.15) is 20.8 Å². The van der Waals surface area contributed by atoms with Gasteiger partial charge in [-0.05, 0) is 32.9 Å². The molecule has 0 fully saturated rings. The van der Waals surface area contributed by atoms with E-state index in [2.05, 4.69) is 4.72 Å². The van der Waals surface area contributed by atoms with Crippen LogP contribution in [-0.4, -0.2) is 13.9 Å². The predicted octanol–water partition coefficient (Wildman–Crippen LogP) is 2.47. The van der Waals surface area contributed by atoms with E-state index in [1.807, 2.05) is 20.8 Å². The van der Waals surface area contributed by atoms with Crippen molar-refractivity contribution in [3.05, 3.63) is 34.4 Å². The molecule has 0 aliphatic rings. The molecule has 5 nitrogen and oxygen atoms in total. The van der Waals surface area contributed by atoms with Crippen molar-refractivity contribution in [2.45, 2.75) is 25.5 Å². The summed E-state index contributed by atoms with van der Waals surface area (Å²) in [5, 5.41) is 10.4. The normalized spacial score (nSPS) is 13.2. The molecule has 0 saturated carbocycles. The maximum absolute atomic E-state index is 11.7. The molecule has 0 aliphatic carbocycles. The molecule has 1 rings (SSSR count). The summed E-state index contributed by atoms with van der Waals surface area (Å²) < 4.78 is 14.1. The molecule has 0 unspecified atom stereocenters. The largest absolute Gasteiger partial charge is 0.305 e. The minimum Gasteiger partial charge on any atom is -0.305 e. The van der Waals surface area contributed by atoms with Gasteiger partial charge in [-0.15, -0.1) is 0 Å². The lowest BCUT2D eigenvalue weighted by atomic mass is 10.3. The number of hydrogen-bond donors (Lipinski definition) is 1. The molecule has 0 spiro atoms. The van der Waals surface area contributed by atoms with Gasteiger partial charge in [-0.25, -0.2) is 4.21 Å². The monoisotopic (exact) mass is 242 g/mol. The second-order valence-electron chi connectivity index (χ2n) is 4.29. The molecule has 88 valence electrons. The number of hydrogen-bond acceptors (Lipinski definition) is 3. The van der Waals surface area contributed by atoms with E-state index in [1.54, 1.807) is 12.1 Å². The van der Waals surface area contributed by atoms with Gasteiger partial charge in [0.05, 0.1) is 9.67 Å². The van der Waals surface area contributed by atoms with Gasteiger partial charge in [0.2, 0.25) is 0 Å². The van der Waals surface area contributed by atoms with Gasteiger partial charge in [0.1, 0.15) is 11.0 Å². The number of rotatable bonds is 3. The minimum absolute atomic E-state index is 0.0205. The van der Waals surface area contributed by atoms with Crippen LogP contribution in [0.3, 0.4) is 0 Å². The van der Waals surface area contributed by atoms with Crippen molar-refractivity contribution in [2.75, 3.05) is 4.72 Å². The van der Waals surface area contributed by atoms with Crippen molar-refractivity contribution >= 4 is 22.4 Å². The first-order valence-electron chi connectivity index (χ1n) is 4.74. The Labute approximate surface area is 96.6 Å². The number of nitro benzene ring substituents is 1. The third-order valence-electron chi connectivity index (χ3n) is 1.84. The zero-order valence-electron chi connectivity index (χ0n) is 9.39. The lowest BCUT2D eigenvalue weighted by Gasteiger charge is -2.18. The van der Waals surface area contributed by atoms with Gasteiger partial charge in [0.25, 0.3) is 5.69 Å². The standard InChI is InChI=1S/C10H14N2O3S/c1-10(2,3)16(15)11-8-4-6-9(7-5-8)12(13)14/h4-7,11H,1-3H3/t16-/m1/s1. The van der Waals surface area contributed by atoms with Gasteiger partial charge in [-0.1, -0.05) is 0 Å². The number of anilines is 1. The summed E-state index contributed by atoms with van der Waals surface area (Å²) in [4.78, 5) is 9.95. The Balaban J connectivity index is 2.77. The zero-order valence-corrected chi connectivity index (χ0v) is 10.2. The number of nitrogens with zero attached hydrogens (tertiary/aromatic N) is 1. The molecule has 1 aromatic carbocycles. The molecule has 0 saturated heterocycles. The van der Waals surface area contributed by atoms with Crippen LogP contribution in [0.15, 0.2) is 24.3 Å². The summed E-state index contributed by atoms with van der Waals surface area (Å²) in [7, 11) is -1.23. The first kappa shape index (κ1) is 12.6. The van der Waals surface area contributed by atoms with Crippen molar-refractivity contribution in [2.24, 2.45) is 0 Å². The lowest BCUT2D eigenvalue weighted by molar-refractivity contribution is -0.384. The fraction of sp³-hybridized carbons (Fsp3) is 0.400. The molecule has 6 heteroatoms. The second kappa shape index (κ2) is 4.61. The van der Waals surface area contributed by atoms with Gasteiger partial charge >= 0.3 is 0 Å². The predicted molar refractivity (Wildman–Crippen MR) is 64.6 cm³/mol. The van der Waals surface area contributed by atoms with Gasteiger partial charge < -0.3 is 4.72 Å². The van der Waals surface area contributed by atoms with Crippen molar-refractivity contribution in [1.29, 1.82) is 0 Å². The molecule has 16 heavy (non-hydrogen) atoms. The van der Waals surface area contributed by atoms with Gasteiger partial charge in [0, 0.05) is 17.8 Å². The maximum Gasteiger partial charge on any atom is 0.269 e. The van der Waals surface area contributed by atoms with Crippen LogP contribution in [0.2, 0.25) is 0 Å². The van der Waals surface area contributed by atoms with Gasteiger partial charge in [0.15, 0.2) is 0 Å². The number of benzene rings is 1. The van der Waals surface area contributed by atoms with Crippen molar-refractivity contribution in [3.8, 4) is 0 Å². The van der Waals surface area contributed by atoms with Crippen molar-refractivity contribution in [1.82, 2.24) is 0 Å². The Morgan fingerprint density at radius 1 is 1.25 bits per heavy atom. The fourth-order valence-electron chi connectivity index (χ4n) is 0.911. The molecule has 1 N–H and O–H groups in total. The van der Waals surface area contributed by atoms with E-state index < -0.39 is 15.9 Å². The van der Waals surface area contributed by atoms with Crippen LogP contribution in [-0.2, 0) is 11.0 Å². The average Bonchev–Trinajstić information content (AvgIpc) is 2.17. The van der Waals surface area contributed by atoms with Crippen LogP contribution in [0.5, 0.6) is 0 Å². The number of nitrogens with one attached hydrogen (secondary N) is 1.